The highest BCUT2D eigenvalue weighted by molar-refractivity contribution is 5.80. The normalized spacial score (nSPS) is 19.7. The molecule has 0 unspecified atom stereocenters. The minimum absolute atomic E-state index is 0.0238. The minimum Gasteiger partial charge on any atom is -0.492 e. The number of hydrogen-bond acceptors (Lipinski definition) is 5. The number of amides is 1. The lowest BCUT2D eigenvalue weighted by Crippen LogP contribution is -2.37. The number of likely N-dealkylation sites (N-methyl/N-ethyl adjacent to an activating group) is 1. The van der Waals surface area contributed by atoms with Gasteiger partial charge in [-0.1, -0.05) is 12.1 Å². The van der Waals surface area contributed by atoms with Crippen molar-refractivity contribution in [3.05, 3.63) is 59.9 Å². The van der Waals surface area contributed by atoms with Crippen LogP contribution in [-0.4, -0.2) is 42.0 Å². The van der Waals surface area contributed by atoms with Crippen LogP contribution < -0.4 is 10.1 Å². The van der Waals surface area contributed by atoms with Crippen LogP contribution in [0.3, 0.4) is 0 Å². The number of pyridine rings is 1. The van der Waals surface area contributed by atoms with Crippen LogP contribution in [0.1, 0.15) is 23.6 Å². The van der Waals surface area contributed by atoms with Crippen molar-refractivity contribution in [1.82, 2.24) is 15.2 Å². The number of nitrogens with one attached hydrogen (secondary N) is 1. The van der Waals surface area contributed by atoms with Crippen molar-refractivity contribution in [3.8, 4) is 11.8 Å². The van der Waals surface area contributed by atoms with E-state index in [4.69, 9.17) is 10.00 Å². The first-order valence-electron chi connectivity index (χ1n) is 8.21. The molecule has 3 rings (SSSR count). The van der Waals surface area contributed by atoms with Crippen molar-refractivity contribution < 1.29 is 9.53 Å². The standard InChI is InChI=1S/C19H20N4O2/c1-23-18(24)11-17(19(23)15-5-3-7-21-13-15)22-8-9-25-16-6-2-4-14(10-16)12-20/h2-7,10,13,17,19,22H,8-9,11H2,1H3/t17-,19+/m1/s1. The van der Waals surface area contributed by atoms with Gasteiger partial charge in [0.2, 0.25) is 5.91 Å². The molecule has 2 heterocycles. The monoisotopic (exact) mass is 336 g/mol. The number of carbonyl (C=O) groups excluding carboxylic acids is 1. The van der Waals surface area contributed by atoms with Crippen LogP contribution in [0, 0.1) is 11.3 Å². The summed E-state index contributed by atoms with van der Waals surface area (Å²) in [5, 5.41) is 12.3. The SMILES string of the molecule is CN1C(=O)C[C@@H](NCCOc2cccc(C#N)c2)[C@@H]1c1cccnc1. The van der Waals surface area contributed by atoms with Crippen molar-refractivity contribution in [2.75, 3.05) is 20.2 Å². The number of aromatic nitrogens is 1. The average molecular weight is 336 g/mol. The number of likely N-dealkylation sites (tertiary alicyclic amines) is 1. The summed E-state index contributed by atoms with van der Waals surface area (Å²) < 4.78 is 5.68. The van der Waals surface area contributed by atoms with Gasteiger partial charge in [-0.15, -0.1) is 0 Å². The molecule has 0 bridgehead atoms. The number of ether oxygens (including phenoxy) is 1. The maximum Gasteiger partial charge on any atom is 0.224 e. The van der Waals surface area contributed by atoms with E-state index in [-0.39, 0.29) is 18.0 Å². The van der Waals surface area contributed by atoms with Crippen molar-refractivity contribution in [2.24, 2.45) is 0 Å². The number of carbonyl (C=O) groups is 1. The van der Waals surface area contributed by atoms with Gasteiger partial charge < -0.3 is 15.0 Å². The Bertz CT molecular complexity index is 772. The largest absolute Gasteiger partial charge is 0.492 e. The molecule has 1 fully saturated rings. The van der Waals surface area contributed by atoms with Gasteiger partial charge in [0.05, 0.1) is 17.7 Å². The molecule has 128 valence electrons. The molecule has 0 saturated carbocycles. The van der Waals surface area contributed by atoms with E-state index in [1.807, 2.05) is 25.2 Å². The molecular formula is C19H20N4O2. The number of rotatable bonds is 6. The second-order valence-corrected chi connectivity index (χ2v) is 5.99. The first kappa shape index (κ1) is 16.9. The van der Waals surface area contributed by atoms with Gasteiger partial charge in [-0.05, 0) is 29.8 Å². The fraction of sp³-hybridized carbons (Fsp3) is 0.316. The third-order valence-electron chi connectivity index (χ3n) is 4.35. The highest BCUT2D eigenvalue weighted by Crippen LogP contribution is 2.31. The zero-order valence-electron chi connectivity index (χ0n) is 14.1. The van der Waals surface area contributed by atoms with E-state index >= 15 is 0 Å². The first-order chi connectivity index (χ1) is 12.2. The molecule has 1 aromatic carbocycles. The van der Waals surface area contributed by atoms with Crippen LogP contribution in [0.2, 0.25) is 0 Å². The van der Waals surface area contributed by atoms with Gasteiger partial charge >= 0.3 is 0 Å². The zero-order valence-corrected chi connectivity index (χ0v) is 14.1. The summed E-state index contributed by atoms with van der Waals surface area (Å²) in [6, 6.07) is 13.0. The Labute approximate surface area is 147 Å². The number of nitrogens with zero attached hydrogens (tertiary/aromatic N) is 3. The lowest BCUT2D eigenvalue weighted by atomic mass is 10.0. The fourth-order valence-electron chi connectivity index (χ4n) is 3.13. The van der Waals surface area contributed by atoms with E-state index in [1.54, 1.807) is 35.5 Å². The summed E-state index contributed by atoms with van der Waals surface area (Å²) in [6.07, 6.45) is 3.99. The summed E-state index contributed by atoms with van der Waals surface area (Å²) in [4.78, 5) is 18.0. The maximum absolute atomic E-state index is 12.1. The lowest BCUT2D eigenvalue weighted by Gasteiger charge is -2.25. The second-order valence-electron chi connectivity index (χ2n) is 5.99. The first-order valence-corrected chi connectivity index (χ1v) is 8.21. The van der Waals surface area contributed by atoms with E-state index < -0.39 is 0 Å². The third kappa shape index (κ3) is 3.95. The topological polar surface area (TPSA) is 78.3 Å². The Kier molecular flexibility index (Phi) is 5.26. The van der Waals surface area contributed by atoms with E-state index in [0.29, 0.717) is 30.9 Å². The van der Waals surface area contributed by atoms with E-state index in [1.165, 1.54) is 0 Å². The quantitative estimate of drug-likeness (QED) is 0.815. The average Bonchev–Trinajstić information content (AvgIpc) is 2.93. The predicted molar refractivity (Wildman–Crippen MR) is 92.8 cm³/mol. The fourth-order valence-corrected chi connectivity index (χ4v) is 3.13. The summed E-state index contributed by atoms with van der Waals surface area (Å²) in [7, 11) is 1.82. The van der Waals surface area contributed by atoms with Crippen LogP contribution in [0.5, 0.6) is 5.75 Å². The number of hydrogen-bond donors (Lipinski definition) is 1. The van der Waals surface area contributed by atoms with Gasteiger partial charge in [-0.2, -0.15) is 5.26 Å². The van der Waals surface area contributed by atoms with Gasteiger partial charge in [0, 0.05) is 38.4 Å². The molecule has 1 aromatic heterocycles. The Morgan fingerprint density at radius 1 is 1.40 bits per heavy atom. The number of benzene rings is 1. The van der Waals surface area contributed by atoms with Crippen molar-refractivity contribution in [1.29, 1.82) is 5.26 Å². The van der Waals surface area contributed by atoms with Crippen molar-refractivity contribution >= 4 is 5.91 Å². The maximum atomic E-state index is 12.1. The Hall–Kier alpha value is -2.91. The van der Waals surface area contributed by atoms with Gasteiger partial charge in [-0.25, -0.2) is 0 Å². The molecule has 0 aliphatic carbocycles. The molecule has 2 atom stereocenters. The number of nitriles is 1. The zero-order chi connectivity index (χ0) is 17.6. The Balaban J connectivity index is 1.56. The van der Waals surface area contributed by atoms with Crippen LogP contribution in [0.4, 0.5) is 0 Å². The molecule has 1 saturated heterocycles. The molecule has 1 amide bonds. The molecule has 2 aromatic rings. The Morgan fingerprint density at radius 3 is 3.04 bits per heavy atom. The molecule has 0 spiro atoms. The molecule has 6 heteroatoms. The molecule has 1 aliphatic heterocycles. The highest BCUT2D eigenvalue weighted by Gasteiger charge is 2.38. The van der Waals surface area contributed by atoms with Crippen LogP contribution in [-0.2, 0) is 4.79 Å². The molecule has 0 radical (unpaired) electrons. The minimum atomic E-state index is -0.0249. The van der Waals surface area contributed by atoms with E-state index in [2.05, 4.69) is 16.4 Å². The second kappa shape index (κ2) is 7.77. The van der Waals surface area contributed by atoms with Crippen LogP contribution in [0.15, 0.2) is 48.8 Å². The highest BCUT2D eigenvalue weighted by atomic mass is 16.5. The van der Waals surface area contributed by atoms with Gasteiger partial charge in [-0.3, -0.25) is 9.78 Å². The predicted octanol–water partition coefficient (Wildman–Crippen LogP) is 1.89. The van der Waals surface area contributed by atoms with Crippen molar-refractivity contribution in [3.63, 3.8) is 0 Å². The smallest absolute Gasteiger partial charge is 0.224 e. The summed E-state index contributed by atoms with van der Waals surface area (Å²) in [6.45, 7) is 1.07. The van der Waals surface area contributed by atoms with E-state index in [0.717, 1.165) is 5.56 Å². The van der Waals surface area contributed by atoms with Gasteiger partial charge in [0.1, 0.15) is 12.4 Å². The third-order valence-corrected chi connectivity index (χ3v) is 4.35. The Morgan fingerprint density at radius 2 is 2.28 bits per heavy atom. The summed E-state index contributed by atoms with van der Waals surface area (Å²) >= 11 is 0. The lowest BCUT2D eigenvalue weighted by molar-refractivity contribution is -0.127. The molecular weight excluding hydrogens is 316 g/mol. The van der Waals surface area contributed by atoms with E-state index in [9.17, 15) is 4.79 Å². The van der Waals surface area contributed by atoms with Crippen molar-refractivity contribution in [2.45, 2.75) is 18.5 Å². The van der Waals surface area contributed by atoms with Gasteiger partial charge in [0.15, 0.2) is 0 Å². The molecule has 6 nitrogen and oxygen atoms in total. The molecule has 1 N–H and O–H groups in total. The summed E-state index contributed by atoms with van der Waals surface area (Å²) in [5.41, 5.74) is 1.60. The molecule has 25 heavy (non-hydrogen) atoms. The summed E-state index contributed by atoms with van der Waals surface area (Å²) in [5.74, 6) is 0.790. The van der Waals surface area contributed by atoms with Crippen LogP contribution >= 0.6 is 0 Å². The van der Waals surface area contributed by atoms with Crippen LogP contribution in [0.25, 0.3) is 0 Å². The molecule has 1 aliphatic rings. The van der Waals surface area contributed by atoms with Gasteiger partial charge in [0.25, 0.3) is 0 Å².